The van der Waals surface area contributed by atoms with Crippen LogP contribution >= 0.6 is 27.3 Å². The number of hydrogen-bond donors (Lipinski definition) is 1. The van der Waals surface area contributed by atoms with E-state index in [0.29, 0.717) is 6.04 Å². The van der Waals surface area contributed by atoms with Gasteiger partial charge in [0.15, 0.2) is 0 Å². The zero-order chi connectivity index (χ0) is 12.4. The summed E-state index contributed by atoms with van der Waals surface area (Å²) in [6.45, 7) is 0. The molecule has 0 unspecified atom stereocenters. The molecular weight excluding hydrogens is 300 g/mol. The summed E-state index contributed by atoms with van der Waals surface area (Å²) < 4.78 is 1.05. The van der Waals surface area contributed by atoms with Crippen LogP contribution in [0.5, 0.6) is 0 Å². The highest BCUT2D eigenvalue weighted by atomic mass is 79.9. The summed E-state index contributed by atoms with van der Waals surface area (Å²) in [6, 6.07) is 4.24. The quantitative estimate of drug-likeness (QED) is 0.911. The molecule has 3 nitrogen and oxygen atoms in total. The number of halogens is 1. The van der Waals surface area contributed by atoms with E-state index < -0.39 is 0 Å². The average molecular weight is 317 g/mol. The maximum absolute atomic E-state index is 12.3. The molecule has 1 aromatic heterocycles. The molecule has 0 aromatic carbocycles. The predicted molar refractivity (Wildman–Crippen MR) is 75.4 cm³/mol. The first-order chi connectivity index (χ1) is 8.08. The van der Waals surface area contributed by atoms with Gasteiger partial charge >= 0.3 is 0 Å². The van der Waals surface area contributed by atoms with Crippen LogP contribution in [0, 0.1) is 5.92 Å². The second kappa shape index (κ2) is 5.50. The van der Waals surface area contributed by atoms with Crippen molar-refractivity contribution in [3.8, 4) is 0 Å². The molecule has 0 aliphatic heterocycles. The number of carbonyl (C=O) groups excluding carboxylic acids is 1. The Balaban J connectivity index is 2.00. The SMILES string of the molecule is CN(C(=O)C1CCC(N)CC1)c1ccc(Br)s1. The van der Waals surface area contributed by atoms with Gasteiger partial charge in [0.05, 0.1) is 8.79 Å². The molecule has 1 aromatic rings. The van der Waals surface area contributed by atoms with Crippen molar-refractivity contribution < 1.29 is 4.79 Å². The van der Waals surface area contributed by atoms with Gasteiger partial charge in [0.1, 0.15) is 0 Å². The third kappa shape index (κ3) is 3.09. The van der Waals surface area contributed by atoms with Gasteiger partial charge < -0.3 is 10.6 Å². The lowest BCUT2D eigenvalue weighted by Gasteiger charge is -2.28. The minimum atomic E-state index is 0.153. The normalized spacial score (nSPS) is 24.6. The summed E-state index contributed by atoms with van der Waals surface area (Å²) in [4.78, 5) is 14.1. The van der Waals surface area contributed by atoms with Crippen LogP contribution in [0.4, 0.5) is 5.00 Å². The van der Waals surface area contributed by atoms with Crippen LogP contribution in [0.15, 0.2) is 15.9 Å². The third-order valence-corrected chi connectivity index (χ3v) is 5.04. The first-order valence-corrected chi connectivity index (χ1v) is 7.47. The van der Waals surface area contributed by atoms with E-state index in [1.165, 1.54) is 0 Å². The maximum Gasteiger partial charge on any atom is 0.230 e. The maximum atomic E-state index is 12.3. The van der Waals surface area contributed by atoms with Gasteiger partial charge in [0, 0.05) is 19.0 Å². The van der Waals surface area contributed by atoms with Gasteiger partial charge in [0.2, 0.25) is 5.91 Å². The van der Waals surface area contributed by atoms with E-state index in [1.807, 2.05) is 19.2 Å². The fourth-order valence-corrected chi connectivity index (χ4v) is 3.56. The summed E-state index contributed by atoms with van der Waals surface area (Å²) in [5.41, 5.74) is 5.86. The Morgan fingerprint density at radius 1 is 1.41 bits per heavy atom. The second-order valence-electron chi connectivity index (χ2n) is 4.59. The van der Waals surface area contributed by atoms with Crippen LogP contribution < -0.4 is 10.6 Å². The minimum Gasteiger partial charge on any atom is -0.328 e. The molecule has 1 amide bonds. The number of carbonyl (C=O) groups is 1. The Hall–Kier alpha value is -0.390. The molecule has 1 saturated carbocycles. The molecule has 1 aliphatic carbocycles. The van der Waals surface area contributed by atoms with Crippen LogP contribution in [-0.2, 0) is 4.79 Å². The van der Waals surface area contributed by atoms with Crippen LogP contribution in [-0.4, -0.2) is 19.0 Å². The molecule has 2 rings (SSSR count). The summed E-state index contributed by atoms with van der Waals surface area (Å²) in [6.07, 6.45) is 3.80. The lowest BCUT2D eigenvalue weighted by Crippen LogP contribution is -2.37. The molecule has 0 bridgehead atoms. The van der Waals surface area contributed by atoms with Crippen molar-refractivity contribution in [1.82, 2.24) is 0 Å². The summed E-state index contributed by atoms with van der Waals surface area (Å²) >= 11 is 5.00. The van der Waals surface area contributed by atoms with Gasteiger partial charge in [0.25, 0.3) is 0 Å². The fraction of sp³-hybridized carbons (Fsp3) is 0.583. The Bertz CT molecular complexity index is 399. The van der Waals surface area contributed by atoms with Gasteiger partial charge in [-0.1, -0.05) is 0 Å². The van der Waals surface area contributed by atoms with Crippen molar-refractivity contribution in [2.75, 3.05) is 11.9 Å². The molecule has 94 valence electrons. The zero-order valence-corrected chi connectivity index (χ0v) is 12.3. The number of amides is 1. The smallest absolute Gasteiger partial charge is 0.230 e. The Morgan fingerprint density at radius 3 is 2.59 bits per heavy atom. The lowest BCUT2D eigenvalue weighted by molar-refractivity contribution is -0.123. The zero-order valence-electron chi connectivity index (χ0n) is 9.86. The number of anilines is 1. The molecule has 1 fully saturated rings. The Kier molecular flexibility index (Phi) is 4.22. The van der Waals surface area contributed by atoms with Gasteiger partial charge in [-0.15, -0.1) is 11.3 Å². The molecule has 0 saturated heterocycles. The molecule has 0 radical (unpaired) electrons. The van der Waals surface area contributed by atoms with Crippen molar-refractivity contribution in [3.63, 3.8) is 0 Å². The Labute approximate surface area is 114 Å². The van der Waals surface area contributed by atoms with Crippen molar-refractivity contribution in [2.45, 2.75) is 31.7 Å². The molecule has 17 heavy (non-hydrogen) atoms. The second-order valence-corrected chi connectivity index (χ2v) is 7.03. The van der Waals surface area contributed by atoms with E-state index in [9.17, 15) is 4.79 Å². The number of nitrogens with zero attached hydrogens (tertiary/aromatic N) is 1. The topological polar surface area (TPSA) is 46.3 Å². The van der Waals surface area contributed by atoms with Crippen molar-refractivity contribution in [2.24, 2.45) is 11.7 Å². The molecular formula is C12H17BrN2OS. The van der Waals surface area contributed by atoms with E-state index in [2.05, 4.69) is 15.9 Å². The highest BCUT2D eigenvalue weighted by molar-refractivity contribution is 9.11. The molecule has 0 spiro atoms. The molecule has 0 atom stereocenters. The standard InChI is InChI=1S/C12H17BrN2OS/c1-15(11-7-6-10(13)17-11)12(16)8-2-4-9(14)5-3-8/h6-9H,2-5,14H2,1H3. The highest BCUT2D eigenvalue weighted by Crippen LogP contribution is 2.32. The van der Waals surface area contributed by atoms with Crippen LogP contribution in [0.25, 0.3) is 0 Å². The minimum absolute atomic E-state index is 0.153. The first kappa shape index (κ1) is 13.1. The summed E-state index contributed by atoms with van der Waals surface area (Å²) in [5.74, 6) is 0.381. The van der Waals surface area contributed by atoms with Crippen molar-refractivity contribution in [1.29, 1.82) is 0 Å². The van der Waals surface area contributed by atoms with E-state index in [-0.39, 0.29) is 11.8 Å². The number of rotatable bonds is 2. The Morgan fingerprint density at radius 2 is 2.06 bits per heavy atom. The monoisotopic (exact) mass is 316 g/mol. The van der Waals surface area contributed by atoms with Crippen LogP contribution in [0.1, 0.15) is 25.7 Å². The summed E-state index contributed by atoms with van der Waals surface area (Å²) in [7, 11) is 1.86. The number of thiophene rings is 1. The predicted octanol–water partition coefficient (Wildman–Crippen LogP) is 2.99. The lowest BCUT2D eigenvalue weighted by atomic mass is 9.85. The molecule has 5 heteroatoms. The molecule has 2 N–H and O–H groups in total. The fourth-order valence-electron chi connectivity index (χ4n) is 2.23. The average Bonchev–Trinajstić information content (AvgIpc) is 2.75. The summed E-state index contributed by atoms with van der Waals surface area (Å²) in [5, 5.41) is 0.997. The largest absolute Gasteiger partial charge is 0.328 e. The van der Waals surface area contributed by atoms with E-state index in [1.54, 1.807) is 16.2 Å². The van der Waals surface area contributed by atoms with Gasteiger partial charge in [-0.3, -0.25) is 4.79 Å². The van der Waals surface area contributed by atoms with E-state index >= 15 is 0 Å². The van der Waals surface area contributed by atoms with Crippen LogP contribution in [0.3, 0.4) is 0 Å². The number of hydrogen-bond acceptors (Lipinski definition) is 3. The van der Waals surface area contributed by atoms with Gasteiger partial charge in [-0.25, -0.2) is 0 Å². The van der Waals surface area contributed by atoms with Crippen LogP contribution in [0.2, 0.25) is 0 Å². The highest BCUT2D eigenvalue weighted by Gasteiger charge is 2.27. The van der Waals surface area contributed by atoms with Gasteiger partial charge in [-0.2, -0.15) is 0 Å². The van der Waals surface area contributed by atoms with Crippen molar-refractivity contribution >= 4 is 38.2 Å². The molecule has 1 aliphatic rings. The number of nitrogens with two attached hydrogens (primary N) is 1. The van der Waals surface area contributed by atoms with E-state index in [4.69, 9.17) is 5.73 Å². The van der Waals surface area contributed by atoms with Crippen molar-refractivity contribution in [3.05, 3.63) is 15.9 Å². The van der Waals surface area contributed by atoms with Gasteiger partial charge in [-0.05, 0) is 53.7 Å². The molecule has 1 heterocycles. The third-order valence-electron chi connectivity index (χ3n) is 3.34. The van der Waals surface area contributed by atoms with E-state index in [0.717, 1.165) is 34.5 Å². The first-order valence-electron chi connectivity index (χ1n) is 5.86.